The predicted molar refractivity (Wildman–Crippen MR) is 132 cm³/mol. The second-order valence-electron chi connectivity index (χ2n) is 9.00. The van der Waals surface area contributed by atoms with Crippen molar-refractivity contribution >= 4 is 38.7 Å². The van der Waals surface area contributed by atoms with E-state index >= 15 is 0 Å². The van der Waals surface area contributed by atoms with E-state index in [1.54, 1.807) is 18.2 Å². The summed E-state index contributed by atoms with van der Waals surface area (Å²) < 4.78 is 99.6. The molecule has 218 valence electrons. The van der Waals surface area contributed by atoms with Crippen molar-refractivity contribution in [2.45, 2.75) is 30.0 Å². The van der Waals surface area contributed by atoms with Crippen molar-refractivity contribution in [2.24, 2.45) is 0 Å². The lowest BCUT2D eigenvalue weighted by molar-refractivity contribution is -0.192. The fourth-order valence-corrected chi connectivity index (χ4v) is 5.32. The number of nitrogens with zero attached hydrogens (tertiary/aromatic N) is 5. The number of fused-ring (bicyclic) bond motifs is 1. The van der Waals surface area contributed by atoms with Gasteiger partial charge in [-0.1, -0.05) is 0 Å². The first-order valence-electron chi connectivity index (χ1n) is 11.9. The summed E-state index contributed by atoms with van der Waals surface area (Å²) in [5, 5.41) is 19.7. The normalized spacial score (nSPS) is 16.1. The van der Waals surface area contributed by atoms with Gasteiger partial charge in [-0.3, -0.25) is 0 Å². The molecule has 0 atom stereocenters. The Hall–Kier alpha value is -4.17. The molecule has 2 heterocycles. The molecule has 10 nitrogen and oxygen atoms in total. The topological polar surface area (TPSA) is 140 Å². The monoisotopic (exact) mass is 602 g/mol. The Morgan fingerprint density at radius 3 is 2.20 bits per heavy atom. The van der Waals surface area contributed by atoms with Crippen LogP contribution in [0.25, 0.3) is 11.0 Å². The Morgan fingerprint density at radius 2 is 1.63 bits per heavy atom. The van der Waals surface area contributed by atoms with Gasteiger partial charge in [0.05, 0.1) is 22.7 Å². The van der Waals surface area contributed by atoms with Gasteiger partial charge in [0, 0.05) is 32.2 Å². The lowest BCUT2D eigenvalue weighted by atomic mass is 10.2. The molecule has 0 spiro atoms. The molecule has 3 aromatic rings. The summed E-state index contributed by atoms with van der Waals surface area (Å²) in [5.74, 6) is -6.65. The fourth-order valence-electron chi connectivity index (χ4n) is 3.84. The van der Waals surface area contributed by atoms with E-state index in [1.165, 1.54) is 0 Å². The van der Waals surface area contributed by atoms with Crippen molar-refractivity contribution in [3.8, 4) is 6.07 Å². The first-order chi connectivity index (χ1) is 19.2. The van der Waals surface area contributed by atoms with Gasteiger partial charge in [0.1, 0.15) is 4.90 Å². The summed E-state index contributed by atoms with van der Waals surface area (Å²) >= 11 is 0. The van der Waals surface area contributed by atoms with Crippen molar-refractivity contribution in [2.75, 3.05) is 36.4 Å². The average molecular weight is 603 g/mol. The van der Waals surface area contributed by atoms with Crippen LogP contribution in [-0.2, 0) is 14.8 Å². The van der Waals surface area contributed by atoms with Crippen LogP contribution in [0, 0.1) is 28.8 Å². The molecule has 41 heavy (non-hydrogen) atoms. The van der Waals surface area contributed by atoms with Crippen LogP contribution in [0.5, 0.6) is 0 Å². The number of anilines is 2. The lowest BCUT2D eigenvalue weighted by Gasteiger charge is -2.35. The van der Waals surface area contributed by atoms with Gasteiger partial charge in [-0.25, -0.2) is 36.4 Å². The summed E-state index contributed by atoms with van der Waals surface area (Å²) in [6.07, 6.45) is -3.06. The zero-order chi connectivity index (χ0) is 30.1. The number of alkyl halides is 3. The maximum atomic E-state index is 14.2. The smallest absolute Gasteiger partial charge is 0.475 e. The molecule has 2 fully saturated rings. The van der Waals surface area contributed by atoms with E-state index in [0.717, 1.165) is 23.2 Å². The van der Waals surface area contributed by atoms with E-state index < -0.39 is 44.5 Å². The van der Waals surface area contributed by atoms with Crippen LogP contribution in [0.4, 0.5) is 38.0 Å². The SMILES string of the molecule is N#Cc1ccc2nc(NC3CC3)c(N3CCN(S(=O)(=O)c4ccc(F)c(F)c4F)CC3)nc2c1.O=C(O)C(F)(F)F. The lowest BCUT2D eigenvalue weighted by Crippen LogP contribution is -2.49. The number of piperazine rings is 1. The first-order valence-corrected chi connectivity index (χ1v) is 13.3. The van der Waals surface area contributed by atoms with Crippen molar-refractivity contribution in [1.29, 1.82) is 5.26 Å². The van der Waals surface area contributed by atoms with Gasteiger partial charge in [-0.2, -0.15) is 22.7 Å². The van der Waals surface area contributed by atoms with E-state index in [4.69, 9.17) is 14.9 Å². The summed E-state index contributed by atoms with van der Waals surface area (Å²) in [5.41, 5.74) is 1.61. The number of sulfonamides is 1. The number of nitriles is 1. The molecular formula is C24H20F6N6O4S. The van der Waals surface area contributed by atoms with Crippen LogP contribution in [0.15, 0.2) is 35.2 Å². The molecule has 1 aliphatic heterocycles. The molecular weight excluding hydrogens is 582 g/mol. The molecule has 1 saturated carbocycles. The zero-order valence-corrected chi connectivity index (χ0v) is 21.6. The maximum Gasteiger partial charge on any atom is 0.490 e. The number of carboxylic acids is 1. The highest BCUT2D eigenvalue weighted by Gasteiger charge is 2.38. The van der Waals surface area contributed by atoms with Gasteiger partial charge >= 0.3 is 12.1 Å². The van der Waals surface area contributed by atoms with E-state index in [9.17, 15) is 40.0 Å². The minimum Gasteiger partial charge on any atom is -0.475 e. The zero-order valence-electron chi connectivity index (χ0n) is 20.8. The number of carbonyl (C=O) groups is 1. The van der Waals surface area contributed by atoms with Crippen LogP contribution in [0.1, 0.15) is 18.4 Å². The van der Waals surface area contributed by atoms with Crippen LogP contribution < -0.4 is 10.2 Å². The minimum atomic E-state index is -5.08. The van der Waals surface area contributed by atoms with Crippen LogP contribution in [0.3, 0.4) is 0 Å². The van der Waals surface area contributed by atoms with Gasteiger partial charge in [0.2, 0.25) is 10.0 Å². The largest absolute Gasteiger partial charge is 0.490 e. The summed E-state index contributed by atoms with van der Waals surface area (Å²) in [6.45, 7) is 0.424. The first kappa shape index (κ1) is 29.8. The molecule has 17 heteroatoms. The van der Waals surface area contributed by atoms with E-state index in [0.29, 0.717) is 40.3 Å². The third kappa shape index (κ3) is 6.60. The average Bonchev–Trinajstić information content (AvgIpc) is 3.75. The summed E-state index contributed by atoms with van der Waals surface area (Å²) in [6, 6.07) is 8.72. The summed E-state index contributed by atoms with van der Waals surface area (Å²) in [7, 11) is -4.36. The van der Waals surface area contributed by atoms with Gasteiger partial charge in [0.25, 0.3) is 0 Å². The number of rotatable bonds is 5. The van der Waals surface area contributed by atoms with Crippen LogP contribution >= 0.6 is 0 Å². The van der Waals surface area contributed by atoms with Crippen molar-refractivity contribution in [3.63, 3.8) is 0 Å². The molecule has 2 N–H and O–H groups in total. The molecule has 2 aromatic carbocycles. The number of hydrogen-bond acceptors (Lipinski definition) is 8. The third-order valence-corrected chi connectivity index (χ3v) is 8.01. The van der Waals surface area contributed by atoms with Crippen molar-refractivity contribution < 1.29 is 44.7 Å². The third-order valence-electron chi connectivity index (χ3n) is 6.09. The Balaban J connectivity index is 0.000000493. The molecule has 0 radical (unpaired) electrons. The Morgan fingerprint density at radius 1 is 1.00 bits per heavy atom. The number of carboxylic acid groups (broad SMARTS) is 1. The van der Waals surface area contributed by atoms with Crippen LogP contribution in [0.2, 0.25) is 0 Å². The van der Waals surface area contributed by atoms with Gasteiger partial charge in [-0.15, -0.1) is 0 Å². The van der Waals surface area contributed by atoms with Crippen molar-refractivity contribution in [3.05, 3.63) is 53.3 Å². The van der Waals surface area contributed by atoms with E-state index in [-0.39, 0.29) is 26.2 Å². The number of halogens is 6. The van der Waals surface area contributed by atoms with E-state index in [2.05, 4.69) is 16.4 Å². The molecule has 1 saturated heterocycles. The maximum absolute atomic E-state index is 14.2. The Bertz CT molecular complexity index is 1630. The fraction of sp³-hybridized carbons (Fsp3) is 0.333. The highest BCUT2D eigenvalue weighted by molar-refractivity contribution is 7.89. The highest BCUT2D eigenvalue weighted by Crippen LogP contribution is 2.32. The molecule has 2 aliphatic rings. The second kappa shape index (κ2) is 11.4. The predicted octanol–water partition coefficient (Wildman–Crippen LogP) is 3.64. The standard InChI is InChI=1S/C22H19F3N6O2S.C2HF3O2/c23-15-4-6-18(20(25)19(15)24)34(32,33)31-9-7-30(8-10-31)22-21(27-14-2-3-14)28-16-5-1-13(12-26)11-17(16)29-22;3-2(4,5)1(6)7/h1,4-6,11,14H,2-3,7-10H2,(H,27,28);(H,6,7). The summed E-state index contributed by atoms with van der Waals surface area (Å²) in [4.78, 5) is 19.2. The van der Waals surface area contributed by atoms with Crippen LogP contribution in [-0.4, -0.2) is 72.2 Å². The van der Waals surface area contributed by atoms with Gasteiger partial charge < -0.3 is 15.3 Å². The molecule has 1 aromatic heterocycles. The number of nitrogens with one attached hydrogen (secondary N) is 1. The highest BCUT2D eigenvalue weighted by atomic mass is 32.2. The number of benzene rings is 2. The minimum absolute atomic E-state index is 0.0123. The van der Waals surface area contributed by atoms with Gasteiger partial charge in [0.15, 0.2) is 29.1 Å². The number of aliphatic carboxylic acids is 1. The molecule has 5 rings (SSSR count). The van der Waals surface area contributed by atoms with E-state index in [1.807, 2.05) is 4.90 Å². The second-order valence-corrected chi connectivity index (χ2v) is 10.9. The number of hydrogen-bond donors (Lipinski definition) is 2. The Kier molecular flexibility index (Phi) is 8.27. The number of aromatic nitrogens is 2. The molecule has 0 bridgehead atoms. The van der Waals surface area contributed by atoms with Crippen molar-refractivity contribution in [1.82, 2.24) is 14.3 Å². The van der Waals surface area contributed by atoms with Gasteiger partial charge in [-0.05, 0) is 43.2 Å². The quantitative estimate of drug-likeness (QED) is 0.331. The molecule has 1 aliphatic carbocycles. The molecule has 0 amide bonds. The Labute approximate surface area is 228 Å². The molecule has 0 unspecified atom stereocenters.